The van der Waals surface area contributed by atoms with Crippen LogP contribution in [-0.4, -0.2) is 52.8 Å². The van der Waals surface area contributed by atoms with E-state index >= 15 is 0 Å². The summed E-state index contributed by atoms with van der Waals surface area (Å²) in [4.78, 5) is 2.56. The minimum Gasteiger partial charge on any atom is -0.616 e. The van der Waals surface area contributed by atoms with Crippen molar-refractivity contribution in [3.8, 4) is 0 Å². The highest BCUT2D eigenvalue weighted by molar-refractivity contribution is 7.91. The molecule has 2 rings (SSSR count). The van der Waals surface area contributed by atoms with Gasteiger partial charge in [-0.05, 0) is 5.92 Å². The Morgan fingerprint density at radius 1 is 1.31 bits per heavy atom. The first-order valence-electron chi connectivity index (χ1n) is 6.37. The molecule has 0 amide bonds. The first kappa shape index (κ1) is 12.7. The van der Waals surface area contributed by atoms with Crippen molar-refractivity contribution in [1.82, 2.24) is 4.90 Å². The number of hydrogen-bond donors (Lipinski definition) is 0. The maximum Gasteiger partial charge on any atom is 0.107 e. The van der Waals surface area contributed by atoms with Crippen molar-refractivity contribution >= 4 is 11.2 Å². The van der Waals surface area contributed by atoms with Gasteiger partial charge >= 0.3 is 0 Å². The van der Waals surface area contributed by atoms with Crippen molar-refractivity contribution in [2.75, 3.05) is 31.2 Å². The van der Waals surface area contributed by atoms with E-state index in [1.807, 2.05) is 0 Å². The van der Waals surface area contributed by atoms with Gasteiger partial charge in [0.15, 0.2) is 0 Å². The molecule has 0 saturated carbocycles. The monoisotopic (exact) mass is 245 g/mol. The van der Waals surface area contributed by atoms with Crippen LogP contribution < -0.4 is 0 Å². The van der Waals surface area contributed by atoms with E-state index in [9.17, 15) is 4.55 Å². The number of ether oxygens (including phenoxy) is 1. The summed E-state index contributed by atoms with van der Waals surface area (Å²) in [6.07, 6.45) is 2.61. The lowest BCUT2D eigenvalue weighted by Gasteiger charge is -2.41. The molecule has 94 valence electrons. The van der Waals surface area contributed by atoms with Gasteiger partial charge in [-0.2, -0.15) is 0 Å². The van der Waals surface area contributed by atoms with Crippen molar-refractivity contribution in [1.29, 1.82) is 0 Å². The van der Waals surface area contributed by atoms with Crippen LogP contribution in [0, 0.1) is 5.92 Å². The van der Waals surface area contributed by atoms with E-state index in [1.165, 1.54) is 0 Å². The van der Waals surface area contributed by atoms with Crippen molar-refractivity contribution in [3.05, 3.63) is 0 Å². The van der Waals surface area contributed by atoms with E-state index in [2.05, 4.69) is 18.7 Å². The van der Waals surface area contributed by atoms with Crippen LogP contribution in [0.4, 0.5) is 0 Å². The van der Waals surface area contributed by atoms with Gasteiger partial charge in [0.05, 0.1) is 12.7 Å². The normalized spacial score (nSPS) is 37.9. The standard InChI is InChI=1S/C12H23NO2S/c1-10(2)12-9-13(5-6-15-12)11-3-7-16(14)8-4-11/h10-12H,3-9H2,1-2H3. The summed E-state index contributed by atoms with van der Waals surface area (Å²) in [5, 5.41) is 0. The molecule has 16 heavy (non-hydrogen) atoms. The Hall–Kier alpha value is 0.230. The summed E-state index contributed by atoms with van der Waals surface area (Å²) in [6.45, 7) is 7.44. The zero-order valence-electron chi connectivity index (χ0n) is 10.4. The fourth-order valence-corrected chi connectivity index (χ4v) is 3.85. The van der Waals surface area contributed by atoms with E-state index in [1.54, 1.807) is 0 Å². The van der Waals surface area contributed by atoms with Gasteiger partial charge in [-0.15, -0.1) is 0 Å². The lowest BCUT2D eigenvalue weighted by molar-refractivity contribution is -0.0642. The smallest absolute Gasteiger partial charge is 0.107 e. The second kappa shape index (κ2) is 5.71. The lowest BCUT2D eigenvalue weighted by atomic mass is 10.0. The number of nitrogens with zero attached hydrogens (tertiary/aromatic N) is 1. The van der Waals surface area contributed by atoms with E-state index in [-0.39, 0.29) is 0 Å². The highest BCUT2D eigenvalue weighted by atomic mass is 32.2. The third-order valence-electron chi connectivity index (χ3n) is 3.74. The van der Waals surface area contributed by atoms with Crippen molar-refractivity contribution in [2.45, 2.75) is 38.8 Å². The Morgan fingerprint density at radius 3 is 2.62 bits per heavy atom. The molecular weight excluding hydrogens is 222 g/mol. The molecule has 2 heterocycles. The summed E-state index contributed by atoms with van der Waals surface area (Å²) >= 11 is -0.541. The molecule has 0 radical (unpaired) electrons. The molecule has 3 nitrogen and oxygen atoms in total. The first-order chi connectivity index (χ1) is 7.66. The summed E-state index contributed by atoms with van der Waals surface area (Å²) in [7, 11) is 0. The largest absolute Gasteiger partial charge is 0.616 e. The van der Waals surface area contributed by atoms with E-state index in [0.717, 1.165) is 44.0 Å². The van der Waals surface area contributed by atoms with Gasteiger partial charge in [0.2, 0.25) is 0 Å². The molecule has 2 fully saturated rings. The first-order valence-corrected chi connectivity index (χ1v) is 7.86. The van der Waals surface area contributed by atoms with E-state index in [4.69, 9.17) is 4.74 Å². The minimum atomic E-state index is -0.541. The van der Waals surface area contributed by atoms with Gasteiger partial charge in [-0.3, -0.25) is 4.90 Å². The maximum atomic E-state index is 11.3. The summed E-state index contributed by atoms with van der Waals surface area (Å²) in [6, 6.07) is 0.655. The van der Waals surface area contributed by atoms with Crippen LogP contribution in [0.3, 0.4) is 0 Å². The fourth-order valence-electron chi connectivity index (χ4n) is 2.58. The predicted molar refractivity (Wildman–Crippen MR) is 67.0 cm³/mol. The molecule has 0 bridgehead atoms. The van der Waals surface area contributed by atoms with Gasteiger partial charge in [-0.25, -0.2) is 0 Å². The van der Waals surface area contributed by atoms with Gasteiger partial charge in [0.1, 0.15) is 11.5 Å². The SMILES string of the molecule is CC(C)C1CN(C2CC[S+]([O-])CC2)CCO1. The average Bonchev–Trinajstić information content (AvgIpc) is 2.30. The summed E-state index contributed by atoms with van der Waals surface area (Å²) in [5.74, 6) is 2.39. The molecule has 0 aliphatic carbocycles. The Morgan fingerprint density at radius 2 is 2.00 bits per heavy atom. The van der Waals surface area contributed by atoms with Crippen LogP contribution in [-0.2, 0) is 15.9 Å². The Kier molecular flexibility index (Phi) is 4.53. The van der Waals surface area contributed by atoms with Gasteiger partial charge in [0.25, 0.3) is 0 Å². The topological polar surface area (TPSA) is 35.5 Å². The zero-order valence-corrected chi connectivity index (χ0v) is 11.2. The third kappa shape index (κ3) is 3.13. The minimum absolute atomic E-state index is 0.390. The molecule has 2 saturated heterocycles. The van der Waals surface area contributed by atoms with Crippen LogP contribution in [0.15, 0.2) is 0 Å². The highest BCUT2D eigenvalue weighted by Crippen LogP contribution is 2.22. The molecule has 1 unspecified atom stereocenters. The highest BCUT2D eigenvalue weighted by Gasteiger charge is 2.31. The second-order valence-electron chi connectivity index (χ2n) is 5.23. The molecule has 1 atom stereocenters. The molecular formula is C12H23NO2S. The zero-order chi connectivity index (χ0) is 11.5. The van der Waals surface area contributed by atoms with Crippen molar-refractivity contribution in [3.63, 3.8) is 0 Å². The number of hydrogen-bond acceptors (Lipinski definition) is 3. The fraction of sp³-hybridized carbons (Fsp3) is 1.00. The molecule has 0 spiro atoms. The van der Waals surface area contributed by atoms with E-state index in [0.29, 0.717) is 18.1 Å². The van der Waals surface area contributed by atoms with Crippen LogP contribution >= 0.6 is 0 Å². The Balaban J connectivity index is 1.84. The van der Waals surface area contributed by atoms with E-state index < -0.39 is 11.2 Å². The molecule has 4 heteroatoms. The van der Waals surface area contributed by atoms with Crippen LogP contribution in [0.1, 0.15) is 26.7 Å². The van der Waals surface area contributed by atoms with Gasteiger partial charge in [0, 0.05) is 32.0 Å². The van der Waals surface area contributed by atoms with Crippen molar-refractivity contribution in [2.24, 2.45) is 5.92 Å². The number of morpholine rings is 1. The summed E-state index contributed by atoms with van der Waals surface area (Å²) in [5.41, 5.74) is 0. The lowest BCUT2D eigenvalue weighted by Crippen LogP contribution is -2.51. The predicted octanol–water partition coefficient (Wildman–Crippen LogP) is 1.25. The second-order valence-corrected chi connectivity index (χ2v) is 6.92. The Bertz CT molecular complexity index is 217. The average molecular weight is 245 g/mol. The molecule has 2 aliphatic rings. The van der Waals surface area contributed by atoms with Gasteiger partial charge in [-0.1, -0.05) is 25.0 Å². The molecule has 0 aromatic heterocycles. The van der Waals surface area contributed by atoms with Crippen LogP contribution in [0.25, 0.3) is 0 Å². The molecule has 2 aliphatic heterocycles. The van der Waals surface area contributed by atoms with Crippen LogP contribution in [0.5, 0.6) is 0 Å². The Labute approximate surface area is 102 Å². The maximum absolute atomic E-state index is 11.3. The molecule has 0 N–H and O–H groups in total. The summed E-state index contributed by atoms with van der Waals surface area (Å²) < 4.78 is 17.1. The van der Waals surface area contributed by atoms with Gasteiger partial charge < -0.3 is 9.29 Å². The molecule has 0 aromatic carbocycles. The third-order valence-corrected chi connectivity index (χ3v) is 5.12. The van der Waals surface area contributed by atoms with Crippen LogP contribution in [0.2, 0.25) is 0 Å². The number of rotatable bonds is 2. The molecule has 0 aromatic rings. The van der Waals surface area contributed by atoms with Crippen molar-refractivity contribution < 1.29 is 9.29 Å². The quantitative estimate of drug-likeness (QED) is 0.687.